The molecule has 4 heteroatoms. The molecule has 2 nitrogen and oxygen atoms in total. The fraction of sp³-hybridized carbons (Fsp3) is 0.500. The van der Waals surface area contributed by atoms with Crippen molar-refractivity contribution in [1.29, 1.82) is 0 Å². The zero-order valence-corrected chi connectivity index (χ0v) is 12.5. The van der Waals surface area contributed by atoms with Crippen LogP contribution in [0.2, 0.25) is 0 Å². The van der Waals surface area contributed by atoms with Crippen LogP contribution in [0.3, 0.4) is 0 Å². The van der Waals surface area contributed by atoms with Crippen molar-refractivity contribution in [3.63, 3.8) is 0 Å². The molecule has 0 amide bonds. The SMILES string of the molecule is C[C@H]1CN(Cc2ccc(Br)c(Br)c2)CCN1. The number of halogens is 2. The van der Waals surface area contributed by atoms with Gasteiger partial charge in [-0.3, -0.25) is 4.90 Å². The summed E-state index contributed by atoms with van der Waals surface area (Å²) in [6.45, 7) is 6.64. The van der Waals surface area contributed by atoms with Gasteiger partial charge in [0.2, 0.25) is 0 Å². The number of hydrogen-bond donors (Lipinski definition) is 1. The summed E-state index contributed by atoms with van der Waals surface area (Å²) in [6, 6.07) is 7.08. The van der Waals surface area contributed by atoms with E-state index in [0.29, 0.717) is 6.04 Å². The molecule has 1 fully saturated rings. The quantitative estimate of drug-likeness (QED) is 0.884. The Bertz CT molecular complexity index is 368. The van der Waals surface area contributed by atoms with Crippen LogP contribution in [-0.4, -0.2) is 30.6 Å². The second-order valence-electron chi connectivity index (χ2n) is 4.34. The highest BCUT2D eigenvalue weighted by Gasteiger charge is 2.15. The molecule has 1 aliphatic rings. The van der Waals surface area contributed by atoms with Crippen LogP contribution in [0.4, 0.5) is 0 Å². The van der Waals surface area contributed by atoms with Crippen LogP contribution in [-0.2, 0) is 6.54 Å². The summed E-state index contributed by atoms with van der Waals surface area (Å²) in [6.07, 6.45) is 0. The third-order valence-electron chi connectivity index (χ3n) is 2.84. The van der Waals surface area contributed by atoms with E-state index in [0.717, 1.165) is 35.1 Å². The van der Waals surface area contributed by atoms with E-state index in [9.17, 15) is 0 Å². The number of nitrogens with one attached hydrogen (secondary N) is 1. The summed E-state index contributed by atoms with van der Waals surface area (Å²) < 4.78 is 2.25. The maximum absolute atomic E-state index is 3.54. The Hall–Kier alpha value is 0.1000. The van der Waals surface area contributed by atoms with E-state index in [1.807, 2.05) is 0 Å². The molecule has 0 aliphatic carbocycles. The van der Waals surface area contributed by atoms with Crippen LogP contribution in [0, 0.1) is 0 Å². The molecule has 1 aromatic carbocycles. The second-order valence-corrected chi connectivity index (χ2v) is 6.05. The van der Waals surface area contributed by atoms with Crippen LogP contribution in [0.5, 0.6) is 0 Å². The average molecular weight is 348 g/mol. The van der Waals surface area contributed by atoms with Crippen LogP contribution in [0.1, 0.15) is 12.5 Å². The predicted molar refractivity (Wildman–Crippen MR) is 74.6 cm³/mol. The maximum Gasteiger partial charge on any atom is 0.0320 e. The molecule has 0 saturated carbocycles. The molecule has 16 heavy (non-hydrogen) atoms. The van der Waals surface area contributed by atoms with Gasteiger partial charge in [-0.25, -0.2) is 0 Å². The lowest BCUT2D eigenvalue weighted by Crippen LogP contribution is -2.48. The highest BCUT2D eigenvalue weighted by atomic mass is 79.9. The minimum atomic E-state index is 0.604. The smallest absolute Gasteiger partial charge is 0.0320 e. The molecule has 2 rings (SSSR count). The van der Waals surface area contributed by atoms with Crippen LogP contribution in [0.15, 0.2) is 27.1 Å². The van der Waals surface area contributed by atoms with Crippen molar-refractivity contribution in [2.45, 2.75) is 19.5 Å². The molecule has 1 aromatic rings. The molecule has 1 atom stereocenters. The Balaban J connectivity index is 2.00. The van der Waals surface area contributed by atoms with Crippen molar-refractivity contribution in [2.24, 2.45) is 0 Å². The zero-order valence-electron chi connectivity index (χ0n) is 9.34. The summed E-state index contributed by atoms with van der Waals surface area (Å²) in [7, 11) is 0. The molecule has 1 N–H and O–H groups in total. The molecule has 0 radical (unpaired) electrons. The van der Waals surface area contributed by atoms with Crippen LogP contribution >= 0.6 is 31.9 Å². The standard InChI is InChI=1S/C12H16Br2N2/c1-9-7-16(5-4-15-9)8-10-2-3-11(13)12(14)6-10/h2-3,6,9,15H,4-5,7-8H2,1H3/t9-/m0/s1. The van der Waals surface area contributed by atoms with Gasteiger partial charge in [0.25, 0.3) is 0 Å². The molecule has 88 valence electrons. The van der Waals surface area contributed by atoms with Crippen molar-refractivity contribution < 1.29 is 0 Å². The van der Waals surface area contributed by atoms with Gasteiger partial charge in [0.05, 0.1) is 0 Å². The lowest BCUT2D eigenvalue weighted by molar-refractivity contribution is 0.199. The molecule has 0 spiro atoms. The van der Waals surface area contributed by atoms with Crippen molar-refractivity contribution >= 4 is 31.9 Å². The van der Waals surface area contributed by atoms with E-state index in [2.05, 4.69) is 67.2 Å². The number of hydrogen-bond acceptors (Lipinski definition) is 2. The van der Waals surface area contributed by atoms with E-state index in [1.54, 1.807) is 0 Å². The average Bonchev–Trinajstić information content (AvgIpc) is 2.24. The fourth-order valence-corrected chi connectivity index (χ4v) is 2.72. The highest BCUT2D eigenvalue weighted by molar-refractivity contribution is 9.13. The second kappa shape index (κ2) is 5.63. The molecular formula is C12H16Br2N2. The lowest BCUT2D eigenvalue weighted by atomic mass is 10.1. The van der Waals surface area contributed by atoms with Crippen molar-refractivity contribution in [2.75, 3.05) is 19.6 Å². The number of rotatable bonds is 2. The molecule has 0 aromatic heterocycles. The Kier molecular flexibility index (Phi) is 4.41. The third-order valence-corrected chi connectivity index (χ3v) is 4.72. The lowest BCUT2D eigenvalue weighted by Gasteiger charge is -2.31. The molecule has 1 aliphatic heterocycles. The molecule has 0 unspecified atom stereocenters. The van der Waals surface area contributed by atoms with Gasteiger partial charge >= 0.3 is 0 Å². The fourth-order valence-electron chi connectivity index (χ4n) is 2.05. The molecule has 0 bridgehead atoms. The van der Waals surface area contributed by atoms with Gasteiger partial charge in [0.1, 0.15) is 0 Å². The first-order valence-corrected chi connectivity index (χ1v) is 7.13. The van der Waals surface area contributed by atoms with Crippen LogP contribution in [0.25, 0.3) is 0 Å². The van der Waals surface area contributed by atoms with E-state index in [-0.39, 0.29) is 0 Å². The van der Waals surface area contributed by atoms with Crippen molar-refractivity contribution in [3.8, 4) is 0 Å². The first-order valence-electron chi connectivity index (χ1n) is 5.55. The summed E-state index contributed by atoms with van der Waals surface area (Å²) in [5, 5.41) is 3.46. The number of benzene rings is 1. The maximum atomic E-state index is 3.54. The Morgan fingerprint density at radius 1 is 1.38 bits per heavy atom. The van der Waals surface area contributed by atoms with Gasteiger partial charge in [-0.15, -0.1) is 0 Å². The Labute approximate surface area is 114 Å². The third kappa shape index (κ3) is 3.29. The summed E-state index contributed by atoms with van der Waals surface area (Å²) >= 11 is 7.04. The first kappa shape index (κ1) is 12.6. The molecular weight excluding hydrogens is 332 g/mol. The Morgan fingerprint density at radius 3 is 2.88 bits per heavy atom. The topological polar surface area (TPSA) is 15.3 Å². The van der Waals surface area contributed by atoms with E-state index < -0.39 is 0 Å². The minimum absolute atomic E-state index is 0.604. The van der Waals surface area contributed by atoms with Gasteiger partial charge in [-0.1, -0.05) is 6.07 Å². The summed E-state index contributed by atoms with van der Waals surface area (Å²) in [4.78, 5) is 2.50. The van der Waals surface area contributed by atoms with Crippen molar-refractivity contribution in [1.82, 2.24) is 10.2 Å². The van der Waals surface area contributed by atoms with Crippen LogP contribution < -0.4 is 5.32 Å². The van der Waals surface area contributed by atoms with Crippen molar-refractivity contribution in [3.05, 3.63) is 32.7 Å². The summed E-state index contributed by atoms with van der Waals surface area (Å²) in [5.74, 6) is 0. The van der Waals surface area contributed by atoms with E-state index >= 15 is 0 Å². The van der Waals surface area contributed by atoms with E-state index in [4.69, 9.17) is 0 Å². The normalized spacial score (nSPS) is 22.3. The van der Waals surface area contributed by atoms with Gasteiger partial charge in [-0.2, -0.15) is 0 Å². The van der Waals surface area contributed by atoms with Gasteiger partial charge in [-0.05, 0) is 56.5 Å². The first-order chi connectivity index (χ1) is 7.65. The van der Waals surface area contributed by atoms with Gasteiger partial charge in [0, 0.05) is 41.2 Å². The van der Waals surface area contributed by atoms with E-state index in [1.165, 1.54) is 5.56 Å². The molecule has 1 saturated heterocycles. The number of piperazine rings is 1. The largest absolute Gasteiger partial charge is 0.312 e. The number of nitrogens with zero attached hydrogens (tertiary/aromatic N) is 1. The highest BCUT2D eigenvalue weighted by Crippen LogP contribution is 2.24. The Morgan fingerprint density at radius 2 is 2.19 bits per heavy atom. The van der Waals surface area contributed by atoms with Gasteiger partial charge in [0.15, 0.2) is 0 Å². The monoisotopic (exact) mass is 346 g/mol. The minimum Gasteiger partial charge on any atom is -0.312 e. The predicted octanol–water partition coefficient (Wildman–Crippen LogP) is 3.01. The summed E-state index contributed by atoms with van der Waals surface area (Å²) in [5.41, 5.74) is 1.36. The molecule has 1 heterocycles. The zero-order chi connectivity index (χ0) is 11.5. The van der Waals surface area contributed by atoms with Gasteiger partial charge < -0.3 is 5.32 Å².